The minimum absolute atomic E-state index is 0.258. The van der Waals surface area contributed by atoms with Gasteiger partial charge in [-0.25, -0.2) is 14.4 Å². The molecule has 0 radical (unpaired) electrons. The third-order valence-corrected chi connectivity index (χ3v) is 4.61. The van der Waals surface area contributed by atoms with E-state index >= 15 is 0 Å². The molecule has 1 N–H and O–H groups in total. The molecule has 0 aliphatic heterocycles. The number of fused-ring (bicyclic) bond motifs is 2. The van der Waals surface area contributed by atoms with E-state index in [1.54, 1.807) is 18.3 Å². The first kappa shape index (κ1) is 14.8. The van der Waals surface area contributed by atoms with Crippen LogP contribution in [0.5, 0.6) is 0 Å². The molecule has 4 heterocycles. The predicted octanol–water partition coefficient (Wildman–Crippen LogP) is 4.99. The minimum Gasteiger partial charge on any atom is -0.346 e. The van der Waals surface area contributed by atoms with E-state index in [1.165, 1.54) is 12.1 Å². The summed E-state index contributed by atoms with van der Waals surface area (Å²) in [4.78, 5) is 12.4. The first-order chi connectivity index (χ1) is 12.7. The third-order valence-electron chi connectivity index (χ3n) is 4.61. The Morgan fingerprint density at radius 2 is 1.88 bits per heavy atom. The van der Waals surface area contributed by atoms with Crippen LogP contribution < -0.4 is 0 Å². The van der Waals surface area contributed by atoms with E-state index in [-0.39, 0.29) is 5.82 Å². The van der Waals surface area contributed by atoms with Gasteiger partial charge in [0.15, 0.2) is 0 Å². The maximum atomic E-state index is 13.4. The van der Waals surface area contributed by atoms with Crippen LogP contribution in [0.15, 0.2) is 67.1 Å². The molecule has 26 heavy (non-hydrogen) atoms. The lowest BCUT2D eigenvalue weighted by Gasteiger charge is -2.07. The van der Waals surface area contributed by atoms with E-state index in [4.69, 9.17) is 4.98 Å². The second kappa shape index (κ2) is 5.52. The Kier molecular flexibility index (Phi) is 3.15. The Morgan fingerprint density at radius 1 is 1.04 bits per heavy atom. The number of hydrogen-bond acceptors (Lipinski definition) is 2. The van der Waals surface area contributed by atoms with Gasteiger partial charge in [-0.15, -0.1) is 0 Å². The molecule has 0 bridgehead atoms. The molecule has 5 heteroatoms. The van der Waals surface area contributed by atoms with E-state index in [2.05, 4.69) is 20.4 Å². The third kappa shape index (κ3) is 2.21. The number of hydrogen-bond donors (Lipinski definition) is 1. The van der Waals surface area contributed by atoms with Gasteiger partial charge in [-0.3, -0.25) is 4.40 Å². The van der Waals surface area contributed by atoms with Crippen molar-refractivity contribution in [1.82, 2.24) is 19.4 Å². The molecule has 0 saturated carbocycles. The second-order valence-corrected chi connectivity index (χ2v) is 6.35. The van der Waals surface area contributed by atoms with Crippen LogP contribution in [-0.2, 0) is 0 Å². The highest BCUT2D eigenvalue weighted by molar-refractivity contribution is 5.96. The molecule has 5 aromatic rings. The van der Waals surface area contributed by atoms with Crippen molar-refractivity contribution in [2.45, 2.75) is 6.92 Å². The van der Waals surface area contributed by atoms with Crippen LogP contribution in [0, 0.1) is 12.7 Å². The number of aryl methyl sites for hydroxylation is 1. The Balaban J connectivity index is 1.89. The van der Waals surface area contributed by atoms with E-state index in [9.17, 15) is 4.39 Å². The van der Waals surface area contributed by atoms with Gasteiger partial charge in [0.25, 0.3) is 0 Å². The maximum Gasteiger partial charge on any atom is 0.138 e. The molecule has 0 atom stereocenters. The molecular weight excluding hydrogens is 327 g/mol. The summed E-state index contributed by atoms with van der Waals surface area (Å²) in [7, 11) is 0. The van der Waals surface area contributed by atoms with Crippen molar-refractivity contribution in [2.75, 3.05) is 0 Å². The SMILES string of the molecule is Cc1ccn2c(-c3ccnc4[nH]ccc34)c(-c3ccc(F)cc3)nc2c1. The average molecular weight is 342 g/mol. The zero-order valence-corrected chi connectivity index (χ0v) is 14.1. The van der Waals surface area contributed by atoms with Crippen LogP contribution in [0.2, 0.25) is 0 Å². The lowest BCUT2D eigenvalue weighted by molar-refractivity contribution is 0.628. The molecule has 126 valence electrons. The number of nitrogens with one attached hydrogen (secondary N) is 1. The van der Waals surface area contributed by atoms with Crippen molar-refractivity contribution in [3.8, 4) is 22.5 Å². The smallest absolute Gasteiger partial charge is 0.138 e. The van der Waals surface area contributed by atoms with Crippen molar-refractivity contribution < 1.29 is 4.39 Å². The quantitative estimate of drug-likeness (QED) is 0.491. The van der Waals surface area contributed by atoms with Crippen molar-refractivity contribution >= 4 is 16.7 Å². The summed E-state index contributed by atoms with van der Waals surface area (Å²) in [5, 5.41) is 1.03. The number of nitrogens with zero attached hydrogens (tertiary/aromatic N) is 3. The molecule has 4 nitrogen and oxygen atoms in total. The van der Waals surface area contributed by atoms with Crippen molar-refractivity contribution in [1.29, 1.82) is 0 Å². The van der Waals surface area contributed by atoms with Crippen LogP contribution in [0.4, 0.5) is 4.39 Å². The predicted molar refractivity (Wildman–Crippen MR) is 100 cm³/mol. The highest BCUT2D eigenvalue weighted by Crippen LogP contribution is 2.36. The van der Waals surface area contributed by atoms with Gasteiger partial charge in [0.2, 0.25) is 0 Å². The second-order valence-electron chi connectivity index (χ2n) is 6.35. The zero-order chi connectivity index (χ0) is 17.7. The Hall–Kier alpha value is -3.47. The first-order valence-corrected chi connectivity index (χ1v) is 8.38. The summed E-state index contributed by atoms with van der Waals surface area (Å²) >= 11 is 0. The van der Waals surface area contributed by atoms with E-state index in [1.807, 2.05) is 37.5 Å². The number of benzene rings is 1. The first-order valence-electron chi connectivity index (χ1n) is 8.38. The number of aromatic amines is 1. The van der Waals surface area contributed by atoms with Gasteiger partial charge < -0.3 is 4.98 Å². The van der Waals surface area contributed by atoms with Gasteiger partial charge >= 0.3 is 0 Å². The maximum absolute atomic E-state index is 13.4. The average Bonchev–Trinajstić information content (AvgIpc) is 3.26. The number of H-pyrrole nitrogens is 1. The van der Waals surface area contributed by atoms with Gasteiger partial charge in [-0.05, 0) is 61.0 Å². The monoisotopic (exact) mass is 342 g/mol. The fraction of sp³-hybridized carbons (Fsp3) is 0.0476. The molecular formula is C21H15FN4. The van der Waals surface area contributed by atoms with Gasteiger partial charge in [-0.2, -0.15) is 0 Å². The van der Waals surface area contributed by atoms with Crippen molar-refractivity contribution in [3.63, 3.8) is 0 Å². The van der Waals surface area contributed by atoms with Crippen LogP contribution >= 0.6 is 0 Å². The number of rotatable bonds is 2. The summed E-state index contributed by atoms with van der Waals surface area (Å²) in [6.45, 7) is 2.04. The fourth-order valence-corrected chi connectivity index (χ4v) is 3.38. The van der Waals surface area contributed by atoms with Crippen molar-refractivity contribution in [3.05, 3.63) is 78.5 Å². The minimum atomic E-state index is -0.258. The van der Waals surface area contributed by atoms with Gasteiger partial charge in [-0.1, -0.05) is 0 Å². The van der Waals surface area contributed by atoms with E-state index in [0.717, 1.165) is 44.8 Å². The standard InChI is InChI=1S/C21H15FN4/c1-13-8-11-26-18(12-13)25-19(14-2-4-15(22)5-3-14)20(26)16-6-9-23-21-17(16)7-10-24-21/h2-12H,1H3,(H,23,24). The summed E-state index contributed by atoms with van der Waals surface area (Å²) in [6.07, 6.45) is 5.70. The normalized spacial score (nSPS) is 11.5. The summed E-state index contributed by atoms with van der Waals surface area (Å²) < 4.78 is 15.5. The number of pyridine rings is 2. The van der Waals surface area contributed by atoms with E-state index < -0.39 is 0 Å². The van der Waals surface area contributed by atoms with Gasteiger partial charge in [0, 0.05) is 35.1 Å². The molecule has 0 spiro atoms. The molecule has 0 fully saturated rings. The van der Waals surface area contributed by atoms with Crippen LogP contribution in [0.1, 0.15) is 5.56 Å². The fourth-order valence-electron chi connectivity index (χ4n) is 3.38. The van der Waals surface area contributed by atoms with Crippen LogP contribution in [0.25, 0.3) is 39.2 Å². The summed E-state index contributed by atoms with van der Waals surface area (Å²) in [6, 6.07) is 14.6. The molecule has 0 aliphatic carbocycles. The Bertz CT molecular complexity index is 1250. The Labute approximate surface area is 149 Å². The van der Waals surface area contributed by atoms with E-state index in [0.29, 0.717) is 0 Å². The summed E-state index contributed by atoms with van der Waals surface area (Å²) in [5.41, 5.74) is 6.54. The molecule has 0 unspecified atom stereocenters. The molecule has 0 aliphatic rings. The molecule has 0 amide bonds. The molecule has 5 rings (SSSR count). The van der Waals surface area contributed by atoms with Crippen molar-refractivity contribution in [2.24, 2.45) is 0 Å². The summed E-state index contributed by atoms with van der Waals surface area (Å²) in [5.74, 6) is -0.258. The zero-order valence-electron chi connectivity index (χ0n) is 14.1. The number of halogens is 1. The van der Waals surface area contributed by atoms with Crippen LogP contribution in [0.3, 0.4) is 0 Å². The highest BCUT2D eigenvalue weighted by atomic mass is 19.1. The largest absolute Gasteiger partial charge is 0.346 e. The van der Waals surface area contributed by atoms with Crippen LogP contribution in [-0.4, -0.2) is 19.4 Å². The van der Waals surface area contributed by atoms with Gasteiger partial charge in [0.1, 0.15) is 17.1 Å². The lowest BCUT2D eigenvalue weighted by atomic mass is 10.0. The molecule has 0 saturated heterocycles. The number of aromatic nitrogens is 4. The number of imidazole rings is 1. The Morgan fingerprint density at radius 3 is 2.73 bits per heavy atom. The molecule has 1 aromatic carbocycles. The van der Waals surface area contributed by atoms with Gasteiger partial charge in [0.05, 0.1) is 11.4 Å². The lowest BCUT2D eigenvalue weighted by Crippen LogP contribution is -1.91. The molecule has 4 aromatic heterocycles. The highest BCUT2D eigenvalue weighted by Gasteiger charge is 2.18. The topological polar surface area (TPSA) is 46.0 Å².